The van der Waals surface area contributed by atoms with Crippen LogP contribution in [0.5, 0.6) is 0 Å². The van der Waals surface area contributed by atoms with E-state index in [0.29, 0.717) is 0 Å². The topological polar surface area (TPSA) is 73.9 Å². The molecule has 1 heterocycles. The lowest BCUT2D eigenvalue weighted by molar-refractivity contribution is -0.0705. The van der Waals surface area contributed by atoms with Gasteiger partial charge in [0.05, 0.1) is 7.11 Å². The molecule has 24 heavy (non-hydrogen) atoms. The van der Waals surface area contributed by atoms with Crippen LogP contribution in [0.1, 0.15) is 29.1 Å². The maximum Gasteiger partial charge on any atom is 0.337 e. The summed E-state index contributed by atoms with van der Waals surface area (Å²) in [6.45, 7) is 1.94. The molecule has 1 saturated heterocycles. The van der Waals surface area contributed by atoms with Crippen molar-refractivity contribution in [3.63, 3.8) is 0 Å². The maximum atomic E-state index is 11.8. The summed E-state index contributed by atoms with van der Waals surface area (Å²) in [4.78, 5) is 0. The van der Waals surface area contributed by atoms with E-state index < -0.39 is 28.9 Å². The summed E-state index contributed by atoms with van der Waals surface area (Å²) < 4.78 is 42.3. The van der Waals surface area contributed by atoms with Crippen molar-refractivity contribution in [3.8, 4) is 0 Å². The van der Waals surface area contributed by atoms with E-state index in [2.05, 4.69) is 8.91 Å². The Morgan fingerprint density at radius 2 is 1.67 bits per heavy atom. The van der Waals surface area contributed by atoms with Gasteiger partial charge in [-0.2, -0.15) is 13.1 Å². The molecular weight excluding hydrogens is 330 g/mol. The summed E-state index contributed by atoms with van der Waals surface area (Å²) >= 11 is 0. The molecule has 1 aliphatic heterocycles. The Balaban J connectivity index is 1.92. The number of aryl methyl sites for hydroxylation is 1. The van der Waals surface area contributed by atoms with Gasteiger partial charge in [0.25, 0.3) is 0 Å². The van der Waals surface area contributed by atoms with Crippen LogP contribution in [0.3, 0.4) is 0 Å². The summed E-state index contributed by atoms with van der Waals surface area (Å²) in [6.07, 6.45) is -2.14. The van der Waals surface area contributed by atoms with Crippen LogP contribution in [-0.2, 0) is 24.0 Å². The molecular formula is C17H19NO5S. The van der Waals surface area contributed by atoms with Crippen molar-refractivity contribution in [3.05, 3.63) is 71.3 Å². The fraction of sp³-hybridized carbons (Fsp3) is 0.294. The quantitative estimate of drug-likeness (QED) is 0.898. The predicted octanol–water partition coefficient (Wildman–Crippen LogP) is 2.59. The zero-order chi connectivity index (χ0) is 17.2. The molecule has 0 aromatic heterocycles. The second-order valence-corrected chi connectivity index (χ2v) is 6.93. The fourth-order valence-corrected chi connectivity index (χ4v) is 3.19. The normalized spacial score (nSPS) is 24.2. The van der Waals surface area contributed by atoms with E-state index in [1.165, 1.54) is 0 Å². The molecule has 1 aliphatic rings. The lowest BCUT2D eigenvalue weighted by Crippen LogP contribution is -2.38. The minimum Gasteiger partial charge on any atom is -0.336 e. The van der Waals surface area contributed by atoms with Gasteiger partial charge in [0.2, 0.25) is 0 Å². The van der Waals surface area contributed by atoms with Gasteiger partial charge in [-0.3, -0.25) is 4.18 Å². The number of rotatable bonds is 5. The second-order valence-electron chi connectivity index (χ2n) is 5.45. The van der Waals surface area contributed by atoms with Crippen LogP contribution in [0.25, 0.3) is 0 Å². The van der Waals surface area contributed by atoms with E-state index in [1.807, 2.05) is 61.5 Å². The smallest absolute Gasteiger partial charge is 0.336 e. The lowest BCUT2D eigenvalue weighted by Gasteiger charge is -2.19. The van der Waals surface area contributed by atoms with Crippen molar-refractivity contribution < 1.29 is 22.1 Å². The van der Waals surface area contributed by atoms with Crippen LogP contribution in [0.2, 0.25) is 0 Å². The molecule has 2 aromatic carbocycles. The van der Waals surface area contributed by atoms with Crippen LogP contribution >= 0.6 is 0 Å². The van der Waals surface area contributed by atoms with Gasteiger partial charge in [-0.1, -0.05) is 54.6 Å². The molecule has 0 aliphatic carbocycles. The van der Waals surface area contributed by atoms with Crippen molar-refractivity contribution in [1.82, 2.24) is 4.72 Å². The molecule has 1 N–H and O–H groups in total. The van der Waals surface area contributed by atoms with Gasteiger partial charge in [-0.15, -0.1) is 0 Å². The third-order valence-corrected chi connectivity index (χ3v) is 4.82. The first-order valence-corrected chi connectivity index (χ1v) is 8.90. The Hall–Kier alpha value is -1.77. The van der Waals surface area contributed by atoms with Crippen LogP contribution < -0.4 is 4.72 Å². The first-order chi connectivity index (χ1) is 11.5. The van der Waals surface area contributed by atoms with Crippen LogP contribution in [-0.4, -0.2) is 21.8 Å². The van der Waals surface area contributed by atoms with E-state index in [0.717, 1.165) is 23.8 Å². The van der Waals surface area contributed by atoms with E-state index in [9.17, 15) is 8.42 Å². The highest BCUT2D eigenvalue weighted by Crippen LogP contribution is 2.40. The first-order valence-electron chi connectivity index (χ1n) is 7.49. The van der Waals surface area contributed by atoms with E-state index >= 15 is 0 Å². The highest BCUT2D eigenvalue weighted by molar-refractivity contribution is 7.84. The summed E-state index contributed by atoms with van der Waals surface area (Å²) in [6, 6.07) is 17.0. The van der Waals surface area contributed by atoms with Gasteiger partial charge in [0.1, 0.15) is 6.10 Å². The van der Waals surface area contributed by atoms with Crippen LogP contribution in [0.15, 0.2) is 54.6 Å². The molecule has 0 radical (unpaired) electrons. The van der Waals surface area contributed by atoms with Crippen molar-refractivity contribution >= 4 is 10.3 Å². The SMILES string of the molecule is COS(=O)(=O)NC1OC(c2ccccc2)OC1c1ccccc1C. The zero-order valence-corrected chi connectivity index (χ0v) is 14.2. The molecule has 3 atom stereocenters. The van der Waals surface area contributed by atoms with Crippen molar-refractivity contribution in [2.45, 2.75) is 25.5 Å². The highest BCUT2D eigenvalue weighted by Gasteiger charge is 2.40. The molecule has 3 unspecified atom stereocenters. The van der Waals surface area contributed by atoms with Gasteiger partial charge < -0.3 is 9.47 Å². The molecule has 2 aromatic rings. The molecule has 0 spiro atoms. The first kappa shape index (κ1) is 17.1. The Morgan fingerprint density at radius 1 is 1.00 bits per heavy atom. The molecule has 0 bridgehead atoms. The minimum absolute atomic E-state index is 0.582. The summed E-state index contributed by atoms with van der Waals surface area (Å²) in [5.41, 5.74) is 2.66. The third kappa shape index (κ3) is 3.66. The molecule has 6 nitrogen and oxygen atoms in total. The number of ether oxygens (including phenoxy) is 2. The van der Waals surface area contributed by atoms with Crippen LogP contribution in [0, 0.1) is 6.92 Å². The Morgan fingerprint density at radius 3 is 2.33 bits per heavy atom. The standard InChI is InChI=1S/C17H19NO5S/c1-12-8-6-7-11-14(12)15-16(18-24(19,20)21-2)23-17(22-15)13-9-4-3-5-10-13/h3-11,15-18H,1-2H3. The summed E-state index contributed by atoms with van der Waals surface area (Å²) in [7, 11) is -2.82. The maximum absolute atomic E-state index is 11.8. The van der Waals surface area contributed by atoms with Crippen molar-refractivity contribution in [2.24, 2.45) is 0 Å². The second kappa shape index (κ2) is 7.00. The summed E-state index contributed by atoms with van der Waals surface area (Å²) in [5.74, 6) is 0. The monoisotopic (exact) mass is 349 g/mol. The van der Waals surface area contributed by atoms with Crippen molar-refractivity contribution in [2.75, 3.05) is 7.11 Å². The van der Waals surface area contributed by atoms with E-state index in [4.69, 9.17) is 9.47 Å². The third-order valence-electron chi connectivity index (χ3n) is 3.86. The molecule has 1 fully saturated rings. The van der Waals surface area contributed by atoms with Gasteiger partial charge in [-0.25, -0.2) is 0 Å². The Labute approximate surface area is 141 Å². The number of nitrogens with one attached hydrogen (secondary N) is 1. The molecule has 0 saturated carbocycles. The Bertz CT molecular complexity index is 794. The zero-order valence-electron chi connectivity index (χ0n) is 13.4. The highest BCUT2D eigenvalue weighted by atomic mass is 32.2. The molecule has 128 valence electrons. The minimum atomic E-state index is -3.92. The van der Waals surface area contributed by atoms with Gasteiger partial charge in [0, 0.05) is 5.56 Å². The van der Waals surface area contributed by atoms with E-state index in [1.54, 1.807) is 0 Å². The predicted molar refractivity (Wildman–Crippen MR) is 88.1 cm³/mol. The van der Waals surface area contributed by atoms with Gasteiger partial charge >= 0.3 is 10.3 Å². The largest absolute Gasteiger partial charge is 0.337 e. The van der Waals surface area contributed by atoms with Crippen LogP contribution in [0.4, 0.5) is 0 Å². The van der Waals surface area contributed by atoms with Gasteiger partial charge in [-0.05, 0) is 18.1 Å². The number of benzene rings is 2. The molecule has 0 amide bonds. The van der Waals surface area contributed by atoms with E-state index in [-0.39, 0.29) is 0 Å². The van der Waals surface area contributed by atoms with Gasteiger partial charge in [0.15, 0.2) is 12.5 Å². The average molecular weight is 349 g/mol. The number of hydrogen-bond donors (Lipinski definition) is 1. The fourth-order valence-electron chi connectivity index (χ4n) is 2.63. The average Bonchev–Trinajstić information content (AvgIpc) is 2.99. The summed E-state index contributed by atoms with van der Waals surface area (Å²) in [5, 5.41) is 0. The lowest BCUT2D eigenvalue weighted by atomic mass is 10.0. The number of hydrogen-bond acceptors (Lipinski definition) is 5. The molecule has 7 heteroatoms. The van der Waals surface area contributed by atoms with Crippen molar-refractivity contribution in [1.29, 1.82) is 0 Å². The Kier molecular flexibility index (Phi) is 4.98. The molecule has 3 rings (SSSR count).